The standard InChI is InChI=1S/C21H35FN4O2/c1-5-18(28-19-9-7-8-17(22)14-19)15-24-20(23-6-2)25-16-21(26(3)4)10-12-27-13-11-21/h7-9,14,18H,5-6,10-13,15-16H2,1-4H3,(H2,23,24,25). The molecule has 1 unspecified atom stereocenters. The summed E-state index contributed by atoms with van der Waals surface area (Å²) in [5, 5.41) is 6.68. The second kappa shape index (κ2) is 11.2. The lowest BCUT2D eigenvalue weighted by atomic mass is 9.89. The molecule has 0 aromatic heterocycles. The second-order valence-electron chi connectivity index (χ2n) is 7.41. The van der Waals surface area contributed by atoms with Crippen molar-refractivity contribution >= 4 is 5.96 Å². The lowest BCUT2D eigenvalue weighted by Crippen LogP contribution is -2.52. The van der Waals surface area contributed by atoms with Gasteiger partial charge in [0.15, 0.2) is 5.96 Å². The molecule has 2 rings (SSSR count). The maximum atomic E-state index is 13.4. The molecule has 1 aliphatic rings. The molecule has 0 aliphatic carbocycles. The number of ether oxygens (including phenoxy) is 2. The van der Waals surface area contributed by atoms with Crippen LogP contribution in [0.4, 0.5) is 4.39 Å². The predicted octanol–water partition coefficient (Wildman–Crippen LogP) is 2.65. The van der Waals surface area contributed by atoms with E-state index in [-0.39, 0.29) is 17.5 Å². The van der Waals surface area contributed by atoms with Crippen molar-refractivity contribution in [2.75, 3.05) is 46.9 Å². The van der Waals surface area contributed by atoms with Crippen LogP contribution in [0.25, 0.3) is 0 Å². The first-order valence-corrected chi connectivity index (χ1v) is 10.2. The highest BCUT2D eigenvalue weighted by Crippen LogP contribution is 2.26. The second-order valence-corrected chi connectivity index (χ2v) is 7.41. The third kappa shape index (κ3) is 6.63. The van der Waals surface area contributed by atoms with Crippen LogP contribution in [-0.4, -0.2) is 69.4 Å². The van der Waals surface area contributed by atoms with Crippen LogP contribution < -0.4 is 15.4 Å². The first-order valence-electron chi connectivity index (χ1n) is 10.2. The fraction of sp³-hybridized carbons (Fsp3) is 0.667. The highest BCUT2D eigenvalue weighted by molar-refractivity contribution is 5.79. The topological polar surface area (TPSA) is 58.1 Å². The van der Waals surface area contributed by atoms with E-state index >= 15 is 0 Å². The molecule has 7 heteroatoms. The molecule has 6 nitrogen and oxygen atoms in total. The van der Waals surface area contributed by atoms with Crippen LogP contribution in [0, 0.1) is 5.82 Å². The van der Waals surface area contributed by atoms with Crippen LogP contribution >= 0.6 is 0 Å². The maximum Gasteiger partial charge on any atom is 0.191 e. The molecule has 0 amide bonds. The van der Waals surface area contributed by atoms with Crippen LogP contribution in [0.1, 0.15) is 33.1 Å². The van der Waals surface area contributed by atoms with Crippen LogP contribution in [0.5, 0.6) is 5.75 Å². The first-order chi connectivity index (χ1) is 13.5. The number of likely N-dealkylation sites (N-methyl/N-ethyl adjacent to an activating group) is 1. The van der Waals surface area contributed by atoms with Gasteiger partial charge < -0.3 is 25.0 Å². The van der Waals surface area contributed by atoms with Gasteiger partial charge in [-0.1, -0.05) is 13.0 Å². The zero-order chi connectivity index (χ0) is 20.4. The van der Waals surface area contributed by atoms with E-state index in [1.807, 2.05) is 6.92 Å². The molecule has 1 aliphatic heterocycles. The highest BCUT2D eigenvalue weighted by Gasteiger charge is 2.34. The number of aliphatic imine (C=N–C) groups is 1. The van der Waals surface area contributed by atoms with Crippen LogP contribution in [0.3, 0.4) is 0 Å². The SMILES string of the molecule is CCNC(=NCC1(N(C)C)CCOCC1)NCC(CC)Oc1cccc(F)c1. The van der Waals surface area contributed by atoms with Crippen molar-refractivity contribution in [1.29, 1.82) is 0 Å². The number of nitrogens with zero attached hydrogens (tertiary/aromatic N) is 2. The predicted molar refractivity (Wildman–Crippen MR) is 112 cm³/mol. The summed E-state index contributed by atoms with van der Waals surface area (Å²) in [6.07, 6.45) is 2.69. The summed E-state index contributed by atoms with van der Waals surface area (Å²) in [6, 6.07) is 6.26. The molecular weight excluding hydrogens is 359 g/mol. The number of halogens is 1. The normalized spacial score (nSPS) is 18.0. The fourth-order valence-corrected chi connectivity index (χ4v) is 3.28. The van der Waals surface area contributed by atoms with Crippen molar-refractivity contribution < 1.29 is 13.9 Å². The summed E-state index contributed by atoms with van der Waals surface area (Å²) in [5.74, 6) is 1.03. The largest absolute Gasteiger partial charge is 0.489 e. The van der Waals surface area contributed by atoms with E-state index in [0.29, 0.717) is 18.8 Å². The summed E-state index contributed by atoms with van der Waals surface area (Å²) >= 11 is 0. The minimum absolute atomic E-state index is 0.0306. The van der Waals surface area contributed by atoms with Gasteiger partial charge >= 0.3 is 0 Å². The Labute approximate surface area is 168 Å². The molecule has 0 saturated carbocycles. The van der Waals surface area contributed by atoms with Gasteiger partial charge in [-0.3, -0.25) is 4.99 Å². The minimum atomic E-state index is -0.291. The number of benzene rings is 1. The van der Waals surface area contributed by atoms with Crippen molar-refractivity contribution in [3.63, 3.8) is 0 Å². The number of guanidine groups is 1. The average molecular weight is 395 g/mol. The molecule has 0 bridgehead atoms. The van der Waals surface area contributed by atoms with Crippen molar-refractivity contribution in [2.24, 2.45) is 4.99 Å². The molecule has 1 fully saturated rings. The third-order valence-electron chi connectivity index (χ3n) is 5.30. The van der Waals surface area contributed by atoms with Gasteiger partial charge in [0.1, 0.15) is 17.7 Å². The first kappa shape index (κ1) is 22.4. The van der Waals surface area contributed by atoms with E-state index in [0.717, 1.165) is 45.0 Å². The molecule has 1 saturated heterocycles. The Balaban J connectivity index is 1.97. The smallest absolute Gasteiger partial charge is 0.191 e. The minimum Gasteiger partial charge on any atom is -0.489 e. The zero-order valence-electron chi connectivity index (χ0n) is 17.6. The van der Waals surface area contributed by atoms with Gasteiger partial charge in [0.05, 0.1) is 13.1 Å². The number of hydrogen-bond acceptors (Lipinski definition) is 4. The number of hydrogen-bond donors (Lipinski definition) is 2. The van der Waals surface area contributed by atoms with Gasteiger partial charge in [-0.15, -0.1) is 0 Å². The van der Waals surface area contributed by atoms with Gasteiger partial charge in [-0.05, 0) is 52.4 Å². The molecule has 1 heterocycles. The molecule has 0 spiro atoms. The summed E-state index contributed by atoms with van der Waals surface area (Å²) in [6.45, 7) is 7.74. The number of nitrogens with one attached hydrogen (secondary N) is 2. The van der Waals surface area contributed by atoms with Crippen molar-refractivity contribution in [1.82, 2.24) is 15.5 Å². The fourth-order valence-electron chi connectivity index (χ4n) is 3.28. The Morgan fingerprint density at radius 1 is 1.29 bits per heavy atom. The Morgan fingerprint density at radius 2 is 2.04 bits per heavy atom. The molecule has 28 heavy (non-hydrogen) atoms. The van der Waals surface area contributed by atoms with E-state index in [9.17, 15) is 4.39 Å². The van der Waals surface area contributed by atoms with E-state index in [1.54, 1.807) is 12.1 Å². The average Bonchev–Trinajstić information content (AvgIpc) is 2.69. The van der Waals surface area contributed by atoms with E-state index < -0.39 is 0 Å². The molecular formula is C21H35FN4O2. The summed E-state index contributed by atoms with van der Waals surface area (Å²) in [5.41, 5.74) is 0.0306. The quantitative estimate of drug-likeness (QED) is 0.498. The van der Waals surface area contributed by atoms with Gasteiger partial charge in [0, 0.05) is 31.4 Å². The summed E-state index contributed by atoms with van der Waals surface area (Å²) < 4.78 is 24.8. The van der Waals surface area contributed by atoms with Gasteiger partial charge in [-0.2, -0.15) is 0 Å². The lowest BCUT2D eigenvalue weighted by Gasteiger charge is -2.41. The molecule has 158 valence electrons. The Morgan fingerprint density at radius 3 is 2.64 bits per heavy atom. The van der Waals surface area contributed by atoms with E-state index in [2.05, 4.69) is 36.6 Å². The molecule has 2 N–H and O–H groups in total. The summed E-state index contributed by atoms with van der Waals surface area (Å²) in [4.78, 5) is 7.11. The van der Waals surface area contributed by atoms with Crippen LogP contribution in [0.15, 0.2) is 29.3 Å². The van der Waals surface area contributed by atoms with Crippen molar-refractivity contribution in [3.8, 4) is 5.75 Å². The Hall–Kier alpha value is -1.86. The summed E-state index contributed by atoms with van der Waals surface area (Å²) in [7, 11) is 4.22. The molecule has 0 radical (unpaired) electrons. The van der Waals surface area contributed by atoms with Gasteiger partial charge in [0.2, 0.25) is 0 Å². The van der Waals surface area contributed by atoms with Crippen LogP contribution in [0.2, 0.25) is 0 Å². The van der Waals surface area contributed by atoms with Crippen molar-refractivity contribution in [3.05, 3.63) is 30.1 Å². The van der Waals surface area contributed by atoms with Crippen molar-refractivity contribution in [2.45, 2.75) is 44.8 Å². The monoisotopic (exact) mass is 394 g/mol. The van der Waals surface area contributed by atoms with Gasteiger partial charge in [0.25, 0.3) is 0 Å². The highest BCUT2D eigenvalue weighted by atomic mass is 19.1. The zero-order valence-corrected chi connectivity index (χ0v) is 17.6. The van der Waals surface area contributed by atoms with E-state index in [1.165, 1.54) is 12.1 Å². The van der Waals surface area contributed by atoms with Gasteiger partial charge in [-0.25, -0.2) is 4.39 Å². The Kier molecular flexibility index (Phi) is 8.99. The number of rotatable bonds is 9. The lowest BCUT2D eigenvalue weighted by molar-refractivity contribution is -0.00255. The van der Waals surface area contributed by atoms with Crippen LogP contribution in [-0.2, 0) is 4.74 Å². The maximum absolute atomic E-state index is 13.4. The van der Waals surface area contributed by atoms with E-state index in [4.69, 9.17) is 14.5 Å². The molecule has 1 aromatic rings. The molecule has 1 aromatic carbocycles. The third-order valence-corrected chi connectivity index (χ3v) is 5.30. The Bertz CT molecular complexity index is 618. The molecule has 1 atom stereocenters.